The Morgan fingerprint density at radius 1 is 0.682 bits per heavy atom. The van der Waals surface area contributed by atoms with Crippen molar-refractivity contribution in [2.75, 3.05) is 0 Å². The van der Waals surface area contributed by atoms with Crippen LogP contribution in [-0.2, 0) is 0 Å². The first-order valence-corrected chi connectivity index (χ1v) is 9.27. The molecule has 4 fully saturated rings. The molecule has 4 aliphatic carbocycles. The monoisotopic (exact) mass is 300 g/mol. The molecule has 4 bridgehead atoms. The van der Waals surface area contributed by atoms with Gasteiger partial charge in [-0.1, -0.05) is 41.5 Å². The lowest BCUT2D eigenvalue weighted by atomic mass is 9.70. The van der Waals surface area contributed by atoms with Gasteiger partial charge in [-0.15, -0.1) is 0 Å². The van der Waals surface area contributed by atoms with Crippen molar-refractivity contribution in [3.8, 4) is 0 Å². The third kappa shape index (κ3) is 1.48. The Labute approximate surface area is 135 Å². The second-order valence-electron chi connectivity index (χ2n) is 10.1. The molecule has 2 nitrogen and oxygen atoms in total. The second kappa shape index (κ2) is 4.05. The quantitative estimate of drug-likeness (QED) is 0.573. The molecular formula is C20H32N2. The molecule has 0 aromatic carbocycles. The Morgan fingerprint density at radius 2 is 1.05 bits per heavy atom. The van der Waals surface area contributed by atoms with Gasteiger partial charge in [0.15, 0.2) is 0 Å². The predicted molar refractivity (Wildman–Crippen MR) is 93.3 cm³/mol. The van der Waals surface area contributed by atoms with E-state index < -0.39 is 0 Å². The zero-order chi connectivity index (χ0) is 16.0. The van der Waals surface area contributed by atoms with Crippen LogP contribution in [0, 0.1) is 33.5 Å². The lowest BCUT2D eigenvalue weighted by molar-refractivity contribution is 0.193. The van der Waals surface area contributed by atoms with Gasteiger partial charge in [-0.05, 0) is 61.2 Å². The van der Waals surface area contributed by atoms with Crippen LogP contribution in [0.25, 0.3) is 0 Å². The highest BCUT2D eigenvalue weighted by Gasteiger charge is 2.61. The summed E-state index contributed by atoms with van der Waals surface area (Å²) in [6.07, 6.45) is 7.74. The highest BCUT2D eigenvalue weighted by Crippen LogP contribution is 2.65. The van der Waals surface area contributed by atoms with E-state index in [9.17, 15) is 0 Å². The first-order chi connectivity index (χ1) is 10.1. The lowest BCUT2D eigenvalue weighted by Crippen LogP contribution is -2.33. The fraction of sp³-hybridized carbons (Fsp3) is 0.900. The van der Waals surface area contributed by atoms with Crippen molar-refractivity contribution >= 4 is 11.4 Å². The highest BCUT2D eigenvalue weighted by molar-refractivity contribution is 5.97. The summed E-state index contributed by atoms with van der Waals surface area (Å²) < 4.78 is 0. The third-order valence-electron chi connectivity index (χ3n) is 9.32. The molecule has 0 aromatic heterocycles. The molecule has 4 aliphatic rings. The van der Waals surface area contributed by atoms with Crippen LogP contribution in [0.2, 0.25) is 0 Å². The van der Waals surface area contributed by atoms with Gasteiger partial charge in [0.25, 0.3) is 0 Å². The average molecular weight is 300 g/mol. The van der Waals surface area contributed by atoms with E-state index in [1.165, 1.54) is 49.9 Å². The summed E-state index contributed by atoms with van der Waals surface area (Å²) in [4.78, 5) is 0. The summed E-state index contributed by atoms with van der Waals surface area (Å²) >= 11 is 0. The smallest absolute Gasteiger partial charge is 0.0473 e. The van der Waals surface area contributed by atoms with Gasteiger partial charge in [-0.2, -0.15) is 10.2 Å². The minimum absolute atomic E-state index is 0.287. The van der Waals surface area contributed by atoms with Gasteiger partial charge >= 0.3 is 0 Å². The fourth-order valence-electron chi connectivity index (χ4n) is 6.28. The van der Waals surface area contributed by atoms with Gasteiger partial charge in [0.2, 0.25) is 0 Å². The zero-order valence-corrected chi connectivity index (χ0v) is 15.3. The molecule has 0 spiro atoms. The number of rotatable bonds is 1. The largest absolute Gasteiger partial charge is 0.160 e. The Morgan fingerprint density at radius 3 is 1.27 bits per heavy atom. The van der Waals surface area contributed by atoms with Crippen molar-refractivity contribution in [3.05, 3.63) is 0 Å². The maximum absolute atomic E-state index is 4.89. The molecule has 0 heterocycles. The molecule has 0 amide bonds. The zero-order valence-electron chi connectivity index (χ0n) is 15.3. The molecule has 0 N–H and O–H groups in total. The summed E-state index contributed by atoms with van der Waals surface area (Å²) in [5.41, 5.74) is 4.18. The number of nitrogens with zero attached hydrogens (tertiary/aromatic N) is 2. The molecule has 0 aromatic rings. The van der Waals surface area contributed by atoms with Gasteiger partial charge in [0, 0.05) is 22.3 Å². The lowest BCUT2D eigenvalue weighted by Gasteiger charge is -2.35. The Bertz CT molecular complexity index is 531. The van der Waals surface area contributed by atoms with Crippen LogP contribution in [0.15, 0.2) is 10.2 Å². The topological polar surface area (TPSA) is 24.7 Å². The van der Waals surface area contributed by atoms with E-state index in [1.54, 1.807) is 0 Å². The molecule has 4 saturated carbocycles. The normalized spacial score (nSPS) is 51.4. The van der Waals surface area contributed by atoms with E-state index in [0.29, 0.717) is 10.8 Å². The highest BCUT2D eigenvalue weighted by atomic mass is 15.2. The Kier molecular flexibility index (Phi) is 2.74. The first-order valence-electron chi connectivity index (χ1n) is 9.27. The van der Waals surface area contributed by atoms with Crippen LogP contribution in [0.5, 0.6) is 0 Å². The summed E-state index contributed by atoms with van der Waals surface area (Å²) in [6.45, 7) is 14.7. The summed E-state index contributed by atoms with van der Waals surface area (Å²) in [5, 5.41) is 9.78. The number of fused-ring (bicyclic) bond motifs is 4. The van der Waals surface area contributed by atoms with Crippen molar-refractivity contribution < 1.29 is 0 Å². The summed E-state index contributed by atoms with van der Waals surface area (Å²) in [5.74, 6) is 1.65. The third-order valence-corrected chi connectivity index (χ3v) is 9.32. The molecule has 0 aliphatic heterocycles. The van der Waals surface area contributed by atoms with Gasteiger partial charge in [-0.25, -0.2) is 0 Å². The Balaban J connectivity index is 1.67. The van der Waals surface area contributed by atoms with E-state index >= 15 is 0 Å². The van der Waals surface area contributed by atoms with Crippen molar-refractivity contribution in [1.82, 2.24) is 0 Å². The van der Waals surface area contributed by atoms with E-state index in [4.69, 9.17) is 10.2 Å². The van der Waals surface area contributed by atoms with Crippen LogP contribution >= 0.6 is 0 Å². The van der Waals surface area contributed by atoms with Crippen molar-refractivity contribution in [1.29, 1.82) is 0 Å². The maximum atomic E-state index is 4.89. The summed E-state index contributed by atoms with van der Waals surface area (Å²) in [6, 6.07) is 0. The minimum Gasteiger partial charge on any atom is -0.160 e. The standard InChI is InChI=1S/C20H32N2/c1-17(2)13-7-9-19(17,5)15(11-13)21-22-16-12-14-8-10-20(16,6)18(14,3)4/h13-14H,7-12H2,1-6H3/b21-15+,22-16+/t13-,14+,19-,20-/m1/s1. The number of hydrogen-bond donors (Lipinski definition) is 0. The molecule has 4 atom stereocenters. The van der Waals surface area contributed by atoms with Gasteiger partial charge < -0.3 is 0 Å². The minimum atomic E-state index is 0.287. The van der Waals surface area contributed by atoms with E-state index in [-0.39, 0.29) is 10.8 Å². The van der Waals surface area contributed by atoms with E-state index in [2.05, 4.69) is 41.5 Å². The molecule has 22 heavy (non-hydrogen) atoms. The van der Waals surface area contributed by atoms with E-state index in [0.717, 1.165) is 11.8 Å². The molecule has 0 saturated heterocycles. The van der Waals surface area contributed by atoms with Crippen molar-refractivity contribution in [2.45, 2.75) is 80.1 Å². The first kappa shape index (κ1) is 14.9. The number of hydrogen-bond acceptors (Lipinski definition) is 2. The Hall–Kier alpha value is -0.660. The van der Waals surface area contributed by atoms with E-state index in [1.807, 2.05) is 0 Å². The van der Waals surface area contributed by atoms with Crippen LogP contribution in [0.4, 0.5) is 0 Å². The molecule has 2 heteroatoms. The van der Waals surface area contributed by atoms with Crippen LogP contribution in [-0.4, -0.2) is 11.4 Å². The van der Waals surface area contributed by atoms with Gasteiger partial charge in [0.1, 0.15) is 0 Å². The maximum Gasteiger partial charge on any atom is 0.0473 e. The molecule has 122 valence electrons. The van der Waals surface area contributed by atoms with Gasteiger partial charge in [0.05, 0.1) is 0 Å². The van der Waals surface area contributed by atoms with Crippen LogP contribution in [0.1, 0.15) is 80.1 Å². The SMILES string of the molecule is CC1(C)[C@@H]2CC[C@]1(C)/C(=N/N=C1\C[C@@H]3CC[C@@]1(C)C3(C)C)C2. The summed E-state index contributed by atoms with van der Waals surface area (Å²) in [7, 11) is 0. The van der Waals surface area contributed by atoms with Gasteiger partial charge in [-0.3, -0.25) is 0 Å². The molecular weight excluding hydrogens is 268 g/mol. The van der Waals surface area contributed by atoms with Crippen LogP contribution < -0.4 is 0 Å². The van der Waals surface area contributed by atoms with Crippen LogP contribution in [0.3, 0.4) is 0 Å². The van der Waals surface area contributed by atoms with Crippen molar-refractivity contribution in [2.24, 2.45) is 43.7 Å². The molecule has 0 unspecified atom stereocenters. The van der Waals surface area contributed by atoms with Crippen molar-refractivity contribution in [3.63, 3.8) is 0 Å². The molecule has 0 radical (unpaired) electrons. The average Bonchev–Trinajstić information content (AvgIpc) is 2.95. The fourth-order valence-corrected chi connectivity index (χ4v) is 6.28. The second-order valence-corrected chi connectivity index (χ2v) is 10.1. The molecule has 4 rings (SSSR count). The predicted octanol–water partition coefficient (Wildman–Crippen LogP) is 5.48.